The fourth-order valence-electron chi connectivity index (χ4n) is 2.01. The fourth-order valence-corrected chi connectivity index (χ4v) is 2.01. The third-order valence-electron chi connectivity index (χ3n) is 3.21. The first kappa shape index (κ1) is 15.8. The van der Waals surface area contributed by atoms with Crippen molar-refractivity contribution in [2.75, 3.05) is 5.32 Å². The molecular weight excluding hydrogens is 278 g/mol. The summed E-state index contributed by atoms with van der Waals surface area (Å²) < 4.78 is 5.63. The van der Waals surface area contributed by atoms with Gasteiger partial charge in [0.25, 0.3) is 5.91 Å². The maximum absolute atomic E-state index is 12.2. The molecule has 0 saturated carbocycles. The number of carbonyl (C=O) groups excluding carboxylic acids is 2. The van der Waals surface area contributed by atoms with Crippen LogP contribution < -0.4 is 10.1 Å². The third-order valence-corrected chi connectivity index (χ3v) is 3.21. The van der Waals surface area contributed by atoms with Gasteiger partial charge in [-0.15, -0.1) is 0 Å². The van der Waals surface area contributed by atoms with E-state index in [1.165, 1.54) is 6.92 Å². The lowest BCUT2D eigenvalue weighted by molar-refractivity contribution is -0.122. The molecule has 0 aliphatic heterocycles. The molecule has 0 saturated heterocycles. The largest absolute Gasteiger partial charge is 0.481 e. The second kappa shape index (κ2) is 6.89. The highest BCUT2D eigenvalue weighted by atomic mass is 16.5. The number of aryl methyl sites for hydroxylation is 1. The molecule has 1 N–H and O–H groups in total. The van der Waals surface area contributed by atoms with Gasteiger partial charge in [-0.05, 0) is 50.6 Å². The van der Waals surface area contributed by atoms with Gasteiger partial charge in [-0.25, -0.2) is 0 Å². The van der Waals surface area contributed by atoms with Crippen LogP contribution >= 0.6 is 0 Å². The molecule has 0 fully saturated rings. The third kappa shape index (κ3) is 4.19. The maximum atomic E-state index is 12.2. The van der Waals surface area contributed by atoms with Gasteiger partial charge in [0.05, 0.1) is 0 Å². The Balaban J connectivity index is 2.02. The van der Waals surface area contributed by atoms with Gasteiger partial charge in [0.15, 0.2) is 11.9 Å². The number of hydrogen-bond acceptors (Lipinski definition) is 3. The Bertz CT molecular complexity index is 694. The molecular formula is C18H19NO3. The topological polar surface area (TPSA) is 55.4 Å². The minimum Gasteiger partial charge on any atom is -0.481 e. The highest BCUT2D eigenvalue weighted by Gasteiger charge is 2.15. The first-order valence-electron chi connectivity index (χ1n) is 7.11. The van der Waals surface area contributed by atoms with Gasteiger partial charge in [0.1, 0.15) is 5.75 Å². The molecule has 2 aromatic rings. The number of Topliss-reactive ketones (excluding diaryl/α,β-unsaturated/α-hetero) is 1. The van der Waals surface area contributed by atoms with Crippen LogP contribution in [0.2, 0.25) is 0 Å². The first-order chi connectivity index (χ1) is 10.5. The van der Waals surface area contributed by atoms with E-state index in [4.69, 9.17) is 4.74 Å². The Morgan fingerprint density at radius 1 is 1.09 bits per heavy atom. The molecule has 1 amide bonds. The number of nitrogens with one attached hydrogen (secondary N) is 1. The van der Waals surface area contributed by atoms with Crippen molar-refractivity contribution in [1.82, 2.24) is 0 Å². The number of ether oxygens (including phenoxy) is 1. The van der Waals surface area contributed by atoms with Crippen molar-refractivity contribution in [2.24, 2.45) is 0 Å². The zero-order valence-corrected chi connectivity index (χ0v) is 12.9. The number of rotatable bonds is 5. The molecule has 0 spiro atoms. The van der Waals surface area contributed by atoms with Crippen molar-refractivity contribution < 1.29 is 14.3 Å². The Morgan fingerprint density at radius 2 is 1.82 bits per heavy atom. The smallest absolute Gasteiger partial charge is 0.265 e. The molecule has 2 rings (SSSR count). The van der Waals surface area contributed by atoms with Gasteiger partial charge >= 0.3 is 0 Å². The van der Waals surface area contributed by atoms with Crippen LogP contribution in [0.3, 0.4) is 0 Å². The summed E-state index contributed by atoms with van der Waals surface area (Å²) in [6, 6.07) is 14.4. The second-order valence-electron chi connectivity index (χ2n) is 5.20. The Labute approximate surface area is 130 Å². The van der Waals surface area contributed by atoms with Crippen molar-refractivity contribution in [2.45, 2.75) is 26.9 Å². The number of anilines is 1. The summed E-state index contributed by atoms with van der Waals surface area (Å²) in [5.41, 5.74) is 2.21. The molecule has 0 unspecified atom stereocenters. The van der Waals surface area contributed by atoms with Crippen LogP contribution in [0.15, 0.2) is 48.5 Å². The van der Waals surface area contributed by atoms with Crippen LogP contribution in [-0.4, -0.2) is 17.8 Å². The second-order valence-corrected chi connectivity index (χ2v) is 5.20. The zero-order chi connectivity index (χ0) is 16.1. The zero-order valence-electron chi connectivity index (χ0n) is 12.9. The Morgan fingerprint density at radius 3 is 2.50 bits per heavy atom. The first-order valence-corrected chi connectivity index (χ1v) is 7.11. The molecule has 0 aromatic heterocycles. The molecule has 2 aromatic carbocycles. The van der Waals surface area contributed by atoms with Gasteiger partial charge in [-0.1, -0.05) is 24.3 Å². The lowest BCUT2D eigenvalue weighted by Gasteiger charge is -2.15. The Hall–Kier alpha value is -2.62. The monoisotopic (exact) mass is 297 g/mol. The van der Waals surface area contributed by atoms with Gasteiger partial charge in [-0.3, -0.25) is 9.59 Å². The molecule has 4 heteroatoms. The molecule has 0 aliphatic carbocycles. The van der Waals surface area contributed by atoms with Crippen LogP contribution in [0.25, 0.3) is 0 Å². The van der Waals surface area contributed by atoms with E-state index in [9.17, 15) is 9.59 Å². The van der Waals surface area contributed by atoms with E-state index >= 15 is 0 Å². The van der Waals surface area contributed by atoms with Gasteiger partial charge in [0, 0.05) is 11.3 Å². The molecule has 0 bridgehead atoms. The average Bonchev–Trinajstić information content (AvgIpc) is 2.47. The summed E-state index contributed by atoms with van der Waals surface area (Å²) in [6.07, 6.45) is -0.636. The number of amides is 1. The van der Waals surface area contributed by atoms with Crippen molar-refractivity contribution in [3.05, 3.63) is 59.7 Å². The highest BCUT2D eigenvalue weighted by molar-refractivity contribution is 5.98. The molecule has 4 nitrogen and oxygen atoms in total. The molecule has 0 radical (unpaired) electrons. The SMILES string of the molecule is CC(=O)c1cccc(NC(=O)[C@H](C)Oc2cccc(C)c2)c1. The molecule has 114 valence electrons. The van der Waals surface area contributed by atoms with E-state index in [0.29, 0.717) is 17.0 Å². The summed E-state index contributed by atoms with van der Waals surface area (Å²) in [5, 5.41) is 2.76. The van der Waals surface area contributed by atoms with Gasteiger partial charge in [-0.2, -0.15) is 0 Å². The molecule has 0 aliphatic rings. The number of carbonyl (C=O) groups is 2. The van der Waals surface area contributed by atoms with Crippen LogP contribution in [-0.2, 0) is 4.79 Å². The van der Waals surface area contributed by atoms with E-state index in [1.54, 1.807) is 31.2 Å². The maximum Gasteiger partial charge on any atom is 0.265 e. The minimum atomic E-state index is -0.636. The Kier molecular flexibility index (Phi) is 4.94. The summed E-state index contributed by atoms with van der Waals surface area (Å²) in [7, 11) is 0. The van der Waals surface area contributed by atoms with Gasteiger partial charge in [0.2, 0.25) is 0 Å². The van der Waals surface area contributed by atoms with Crippen LogP contribution in [0.4, 0.5) is 5.69 Å². The van der Waals surface area contributed by atoms with Crippen LogP contribution in [0.1, 0.15) is 29.8 Å². The van der Waals surface area contributed by atoms with E-state index in [-0.39, 0.29) is 11.7 Å². The molecule has 1 atom stereocenters. The van der Waals surface area contributed by atoms with Crippen molar-refractivity contribution in [1.29, 1.82) is 0 Å². The summed E-state index contributed by atoms with van der Waals surface area (Å²) >= 11 is 0. The van der Waals surface area contributed by atoms with Crippen molar-refractivity contribution >= 4 is 17.4 Å². The van der Waals surface area contributed by atoms with E-state index in [1.807, 2.05) is 31.2 Å². The normalized spacial score (nSPS) is 11.6. The highest BCUT2D eigenvalue weighted by Crippen LogP contribution is 2.16. The predicted octanol–water partition coefficient (Wildman–Crippen LogP) is 3.60. The summed E-state index contributed by atoms with van der Waals surface area (Å²) in [4.78, 5) is 23.5. The van der Waals surface area contributed by atoms with Crippen LogP contribution in [0.5, 0.6) is 5.75 Å². The number of hydrogen-bond donors (Lipinski definition) is 1. The lowest BCUT2D eigenvalue weighted by atomic mass is 10.1. The van der Waals surface area contributed by atoms with Gasteiger partial charge < -0.3 is 10.1 Å². The molecule has 22 heavy (non-hydrogen) atoms. The summed E-state index contributed by atoms with van der Waals surface area (Å²) in [6.45, 7) is 5.14. The van der Waals surface area contributed by atoms with Crippen LogP contribution in [0, 0.1) is 6.92 Å². The quantitative estimate of drug-likeness (QED) is 0.858. The van der Waals surface area contributed by atoms with E-state index in [2.05, 4.69) is 5.32 Å². The van der Waals surface area contributed by atoms with E-state index < -0.39 is 6.10 Å². The summed E-state index contributed by atoms with van der Waals surface area (Å²) in [5.74, 6) is 0.350. The predicted molar refractivity (Wildman–Crippen MR) is 86.3 cm³/mol. The van der Waals surface area contributed by atoms with Crippen molar-refractivity contribution in [3.8, 4) is 5.75 Å². The average molecular weight is 297 g/mol. The van der Waals surface area contributed by atoms with Crippen molar-refractivity contribution in [3.63, 3.8) is 0 Å². The van der Waals surface area contributed by atoms with E-state index in [0.717, 1.165) is 5.56 Å². The fraction of sp³-hybridized carbons (Fsp3) is 0.222. The number of ketones is 1. The number of benzene rings is 2. The molecule has 0 heterocycles. The standard InChI is InChI=1S/C18H19NO3/c1-12-6-4-9-17(10-12)22-14(3)18(21)19-16-8-5-7-15(11-16)13(2)20/h4-11,14H,1-3H3,(H,19,21)/t14-/m0/s1. The minimum absolute atomic E-state index is 0.0415. The lowest BCUT2D eigenvalue weighted by Crippen LogP contribution is -2.30.